The van der Waals surface area contributed by atoms with E-state index >= 15 is 0 Å². The van der Waals surface area contributed by atoms with Crippen LogP contribution in [0.3, 0.4) is 0 Å². The maximum atomic E-state index is 4.59. The molecule has 1 fully saturated rings. The number of piperidine rings is 1. The van der Waals surface area contributed by atoms with Gasteiger partial charge in [-0.3, -0.25) is 0 Å². The third-order valence-electron chi connectivity index (χ3n) is 3.82. The van der Waals surface area contributed by atoms with Gasteiger partial charge in [-0.15, -0.1) is 0 Å². The molecule has 1 N–H and O–H groups in total. The Bertz CT molecular complexity index is 577. The fourth-order valence-corrected chi connectivity index (χ4v) is 2.72. The molecular weight excluding hydrogens is 260 g/mol. The molecule has 2 aromatic rings. The van der Waals surface area contributed by atoms with E-state index in [9.17, 15) is 0 Å². The van der Waals surface area contributed by atoms with Crippen molar-refractivity contribution in [3.05, 3.63) is 47.8 Å². The van der Waals surface area contributed by atoms with E-state index in [1.807, 2.05) is 13.0 Å². The number of hydrogen-bond acceptors (Lipinski definition) is 4. The summed E-state index contributed by atoms with van der Waals surface area (Å²) < 4.78 is 0. The van der Waals surface area contributed by atoms with Crippen molar-refractivity contribution in [2.24, 2.45) is 0 Å². The molecule has 0 saturated carbocycles. The second-order valence-electron chi connectivity index (χ2n) is 5.55. The number of anilines is 2. The molecule has 21 heavy (non-hydrogen) atoms. The van der Waals surface area contributed by atoms with Gasteiger partial charge in [-0.2, -0.15) is 0 Å². The van der Waals surface area contributed by atoms with Crippen LogP contribution in [0, 0.1) is 6.92 Å². The first kappa shape index (κ1) is 13.9. The fourth-order valence-electron chi connectivity index (χ4n) is 2.72. The van der Waals surface area contributed by atoms with E-state index in [1.165, 1.54) is 24.8 Å². The predicted octanol–water partition coefficient (Wildman–Crippen LogP) is 3.39. The van der Waals surface area contributed by atoms with Crippen LogP contribution in [0.1, 0.15) is 30.7 Å². The lowest BCUT2D eigenvalue weighted by Gasteiger charge is -2.28. The molecule has 1 aromatic heterocycles. The molecule has 0 bridgehead atoms. The fraction of sp³-hybridized carbons (Fsp3) is 0.412. The first-order valence-electron chi connectivity index (χ1n) is 7.70. The maximum Gasteiger partial charge on any atom is 0.134 e. The lowest BCUT2D eigenvalue weighted by Crippen LogP contribution is -2.30. The van der Waals surface area contributed by atoms with E-state index in [1.54, 1.807) is 0 Å². The van der Waals surface area contributed by atoms with Gasteiger partial charge < -0.3 is 10.2 Å². The summed E-state index contributed by atoms with van der Waals surface area (Å²) in [5.74, 6) is 2.79. The van der Waals surface area contributed by atoms with Crippen molar-refractivity contribution >= 4 is 11.6 Å². The SMILES string of the molecule is Cc1nc(NCc2ccccc2)cc(N2CCCCC2)n1. The van der Waals surface area contributed by atoms with Crippen LogP contribution in [0.4, 0.5) is 11.6 Å². The number of hydrogen-bond donors (Lipinski definition) is 1. The third-order valence-corrected chi connectivity index (χ3v) is 3.82. The molecule has 0 amide bonds. The van der Waals surface area contributed by atoms with Gasteiger partial charge in [0.15, 0.2) is 0 Å². The first-order valence-corrected chi connectivity index (χ1v) is 7.70. The number of rotatable bonds is 4. The summed E-state index contributed by atoms with van der Waals surface area (Å²) in [5.41, 5.74) is 1.26. The highest BCUT2D eigenvalue weighted by atomic mass is 15.2. The zero-order chi connectivity index (χ0) is 14.5. The Balaban J connectivity index is 1.71. The van der Waals surface area contributed by atoms with Crippen molar-refractivity contribution in [2.75, 3.05) is 23.3 Å². The number of aromatic nitrogens is 2. The number of nitrogens with one attached hydrogen (secondary N) is 1. The average molecular weight is 282 g/mol. The quantitative estimate of drug-likeness (QED) is 0.933. The van der Waals surface area contributed by atoms with Crippen molar-refractivity contribution in [2.45, 2.75) is 32.7 Å². The van der Waals surface area contributed by atoms with Crippen molar-refractivity contribution in [1.29, 1.82) is 0 Å². The zero-order valence-corrected chi connectivity index (χ0v) is 12.5. The average Bonchev–Trinajstić information content (AvgIpc) is 2.54. The van der Waals surface area contributed by atoms with Gasteiger partial charge in [0, 0.05) is 25.7 Å². The van der Waals surface area contributed by atoms with E-state index in [-0.39, 0.29) is 0 Å². The van der Waals surface area contributed by atoms with E-state index < -0.39 is 0 Å². The summed E-state index contributed by atoms with van der Waals surface area (Å²) in [6.07, 6.45) is 3.85. The van der Waals surface area contributed by atoms with E-state index in [4.69, 9.17) is 0 Å². The van der Waals surface area contributed by atoms with Crippen LogP contribution >= 0.6 is 0 Å². The molecule has 3 rings (SSSR count). The second-order valence-corrected chi connectivity index (χ2v) is 5.55. The number of aryl methyl sites for hydroxylation is 1. The van der Waals surface area contributed by atoms with Gasteiger partial charge in [0.25, 0.3) is 0 Å². The van der Waals surface area contributed by atoms with Crippen LogP contribution in [0.25, 0.3) is 0 Å². The highest BCUT2D eigenvalue weighted by molar-refractivity contribution is 5.49. The topological polar surface area (TPSA) is 41.1 Å². The van der Waals surface area contributed by atoms with Gasteiger partial charge in [0.1, 0.15) is 17.5 Å². The Labute approximate surface area is 126 Å². The second kappa shape index (κ2) is 6.57. The van der Waals surface area contributed by atoms with Gasteiger partial charge in [0.2, 0.25) is 0 Å². The monoisotopic (exact) mass is 282 g/mol. The molecular formula is C17H22N4. The first-order chi connectivity index (χ1) is 10.3. The Hall–Kier alpha value is -2.10. The smallest absolute Gasteiger partial charge is 0.134 e. The molecule has 1 aromatic carbocycles. The molecule has 110 valence electrons. The Morgan fingerprint density at radius 3 is 2.57 bits per heavy atom. The molecule has 4 heteroatoms. The van der Waals surface area contributed by atoms with Crippen LogP contribution in [-0.2, 0) is 6.54 Å². The van der Waals surface area contributed by atoms with Gasteiger partial charge in [0.05, 0.1) is 0 Å². The van der Waals surface area contributed by atoms with Crippen LogP contribution in [0.15, 0.2) is 36.4 Å². The Kier molecular flexibility index (Phi) is 4.34. The Morgan fingerprint density at radius 2 is 1.81 bits per heavy atom. The molecule has 0 atom stereocenters. The summed E-state index contributed by atoms with van der Waals surface area (Å²) in [6, 6.07) is 12.5. The minimum absolute atomic E-state index is 0.788. The predicted molar refractivity (Wildman–Crippen MR) is 86.6 cm³/mol. The highest BCUT2D eigenvalue weighted by Crippen LogP contribution is 2.20. The van der Waals surface area contributed by atoms with E-state index in [0.29, 0.717) is 0 Å². The Morgan fingerprint density at radius 1 is 1.05 bits per heavy atom. The lowest BCUT2D eigenvalue weighted by molar-refractivity contribution is 0.572. The zero-order valence-electron chi connectivity index (χ0n) is 12.5. The summed E-state index contributed by atoms with van der Waals surface area (Å²) >= 11 is 0. The van der Waals surface area contributed by atoms with E-state index in [0.717, 1.165) is 37.1 Å². The minimum atomic E-state index is 0.788. The van der Waals surface area contributed by atoms with Gasteiger partial charge in [-0.1, -0.05) is 30.3 Å². The summed E-state index contributed by atoms with van der Waals surface area (Å²) in [5, 5.41) is 3.40. The summed E-state index contributed by atoms with van der Waals surface area (Å²) in [4.78, 5) is 11.4. The maximum absolute atomic E-state index is 4.59. The molecule has 0 radical (unpaired) electrons. The van der Waals surface area contributed by atoms with Gasteiger partial charge in [-0.05, 0) is 31.7 Å². The van der Waals surface area contributed by atoms with Crippen molar-refractivity contribution in [1.82, 2.24) is 9.97 Å². The van der Waals surface area contributed by atoms with Gasteiger partial charge in [-0.25, -0.2) is 9.97 Å². The van der Waals surface area contributed by atoms with Crippen LogP contribution in [0.5, 0.6) is 0 Å². The standard InChI is InChI=1S/C17H22N4/c1-14-19-16(18-13-15-8-4-2-5-9-15)12-17(20-14)21-10-6-3-7-11-21/h2,4-5,8-9,12H,3,6-7,10-11,13H2,1H3,(H,18,19,20). The molecule has 1 aliphatic heterocycles. The summed E-state index contributed by atoms with van der Waals surface area (Å²) in [6.45, 7) is 4.96. The molecule has 1 saturated heterocycles. The molecule has 0 unspecified atom stereocenters. The highest BCUT2D eigenvalue weighted by Gasteiger charge is 2.13. The molecule has 4 nitrogen and oxygen atoms in total. The van der Waals surface area contributed by atoms with Gasteiger partial charge >= 0.3 is 0 Å². The van der Waals surface area contributed by atoms with E-state index in [2.05, 4.69) is 50.5 Å². The third kappa shape index (κ3) is 3.72. The van der Waals surface area contributed by atoms with Crippen molar-refractivity contribution in [3.8, 4) is 0 Å². The normalized spacial score (nSPS) is 15.0. The molecule has 1 aliphatic rings. The minimum Gasteiger partial charge on any atom is -0.366 e. The van der Waals surface area contributed by atoms with Crippen LogP contribution < -0.4 is 10.2 Å². The van der Waals surface area contributed by atoms with Crippen molar-refractivity contribution < 1.29 is 0 Å². The van der Waals surface area contributed by atoms with Crippen LogP contribution in [-0.4, -0.2) is 23.1 Å². The molecule has 0 spiro atoms. The van der Waals surface area contributed by atoms with Crippen LogP contribution in [0.2, 0.25) is 0 Å². The molecule has 0 aliphatic carbocycles. The molecule has 2 heterocycles. The number of nitrogens with zero attached hydrogens (tertiary/aromatic N) is 3. The largest absolute Gasteiger partial charge is 0.366 e. The lowest BCUT2D eigenvalue weighted by atomic mass is 10.1. The number of benzene rings is 1. The summed E-state index contributed by atoms with van der Waals surface area (Å²) in [7, 11) is 0. The van der Waals surface area contributed by atoms with Crippen molar-refractivity contribution in [3.63, 3.8) is 0 Å².